The number of ether oxygens (including phenoxy) is 1. The van der Waals surface area contributed by atoms with E-state index in [9.17, 15) is 4.79 Å². The zero-order valence-corrected chi connectivity index (χ0v) is 10.2. The van der Waals surface area contributed by atoms with Crippen molar-refractivity contribution >= 4 is 33.5 Å². The highest BCUT2D eigenvalue weighted by atomic mass is 79.9. The molecule has 0 saturated heterocycles. The molecule has 0 aliphatic carbocycles. The predicted octanol–water partition coefficient (Wildman–Crippen LogP) is 2.89. The van der Waals surface area contributed by atoms with E-state index in [0.717, 1.165) is 5.56 Å². The first-order valence-electron chi connectivity index (χ1n) is 4.00. The number of nitrogens with zero attached hydrogens (tertiary/aromatic N) is 1. The third-order valence-corrected chi connectivity index (χ3v) is 2.78. The summed E-state index contributed by atoms with van der Waals surface area (Å²) in [6.45, 7) is 0. The summed E-state index contributed by atoms with van der Waals surface area (Å²) in [6.07, 6.45) is 0. The molecule has 15 heavy (non-hydrogen) atoms. The van der Waals surface area contributed by atoms with Crippen molar-refractivity contribution in [2.45, 2.75) is 5.33 Å². The Labute approximate surface area is 101 Å². The van der Waals surface area contributed by atoms with E-state index in [-0.39, 0.29) is 10.6 Å². The molecule has 0 N–H and O–H groups in total. The number of benzene rings is 1. The van der Waals surface area contributed by atoms with Crippen LogP contribution >= 0.6 is 27.5 Å². The molecule has 0 aliphatic heterocycles. The van der Waals surface area contributed by atoms with Gasteiger partial charge >= 0.3 is 5.97 Å². The lowest BCUT2D eigenvalue weighted by atomic mass is 10.1. The minimum Gasteiger partial charge on any atom is -0.465 e. The third-order valence-electron chi connectivity index (χ3n) is 1.86. The van der Waals surface area contributed by atoms with Crippen LogP contribution in [0.1, 0.15) is 21.5 Å². The first kappa shape index (κ1) is 12.0. The summed E-state index contributed by atoms with van der Waals surface area (Å²) in [5.74, 6) is -0.544. The summed E-state index contributed by atoms with van der Waals surface area (Å²) in [4.78, 5) is 11.3. The zero-order chi connectivity index (χ0) is 11.4. The molecule has 0 fully saturated rings. The van der Waals surface area contributed by atoms with Gasteiger partial charge in [-0.25, -0.2) is 4.79 Å². The summed E-state index contributed by atoms with van der Waals surface area (Å²) in [7, 11) is 1.27. The molecule has 0 spiro atoms. The molecule has 0 heterocycles. The molecule has 0 aliphatic rings. The predicted molar refractivity (Wildman–Crippen MR) is 60.1 cm³/mol. The van der Waals surface area contributed by atoms with Gasteiger partial charge in [0.1, 0.15) is 0 Å². The van der Waals surface area contributed by atoms with Crippen molar-refractivity contribution in [2.75, 3.05) is 7.11 Å². The highest BCUT2D eigenvalue weighted by Gasteiger charge is 2.14. The maximum absolute atomic E-state index is 11.3. The number of halogens is 2. The highest BCUT2D eigenvalue weighted by Crippen LogP contribution is 2.23. The van der Waals surface area contributed by atoms with E-state index in [1.54, 1.807) is 6.07 Å². The lowest BCUT2D eigenvalue weighted by Gasteiger charge is -2.05. The smallest absolute Gasteiger partial charge is 0.339 e. The normalized spacial score (nSPS) is 9.47. The molecule has 0 radical (unpaired) electrons. The van der Waals surface area contributed by atoms with Gasteiger partial charge in [0.15, 0.2) is 0 Å². The lowest BCUT2D eigenvalue weighted by Crippen LogP contribution is -2.03. The van der Waals surface area contributed by atoms with Gasteiger partial charge in [-0.1, -0.05) is 27.5 Å². The van der Waals surface area contributed by atoms with Crippen LogP contribution in [0, 0.1) is 11.3 Å². The third kappa shape index (κ3) is 2.49. The number of rotatable bonds is 2. The zero-order valence-electron chi connectivity index (χ0n) is 7.88. The van der Waals surface area contributed by atoms with Crippen molar-refractivity contribution in [3.8, 4) is 6.07 Å². The Hall–Kier alpha value is -1.05. The first-order valence-corrected chi connectivity index (χ1v) is 5.50. The lowest BCUT2D eigenvalue weighted by molar-refractivity contribution is 0.0601. The van der Waals surface area contributed by atoms with E-state index in [2.05, 4.69) is 20.7 Å². The monoisotopic (exact) mass is 287 g/mol. The van der Waals surface area contributed by atoms with Crippen molar-refractivity contribution < 1.29 is 9.53 Å². The average molecular weight is 289 g/mol. The number of nitriles is 1. The Morgan fingerprint density at radius 3 is 2.80 bits per heavy atom. The molecule has 1 aromatic carbocycles. The van der Waals surface area contributed by atoms with Crippen LogP contribution in [0.5, 0.6) is 0 Å². The average Bonchev–Trinajstić information content (AvgIpc) is 2.27. The summed E-state index contributed by atoms with van der Waals surface area (Å²) >= 11 is 9.12. The highest BCUT2D eigenvalue weighted by molar-refractivity contribution is 9.08. The van der Waals surface area contributed by atoms with Gasteiger partial charge in [0.25, 0.3) is 0 Å². The molecule has 1 rings (SSSR count). The topological polar surface area (TPSA) is 50.1 Å². The van der Waals surface area contributed by atoms with Crippen LogP contribution in [0.4, 0.5) is 0 Å². The molecule has 0 amide bonds. The number of methoxy groups -OCH3 is 1. The number of esters is 1. The number of carbonyl (C=O) groups is 1. The molecule has 0 bridgehead atoms. The minimum atomic E-state index is -0.544. The van der Waals surface area contributed by atoms with E-state index >= 15 is 0 Å². The Balaban J connectivity index is 3.33. The molecule has 78 valence electrons. The number of alkyl halides is 1. The maximum Gasteiger partial charge on any atom is 0.339 e. The Morgan fingerprint density at radius 1 is 1.67 bits per heavy atom. The van der Waals surface area contributed by atoms with Crippen LogP contribution in [0.15, 0.2) is 12.1 Å². The summed E-state index contributed by atoms with van der Waals surface area (Å²) in [6, 6.07) is 5.02. The Morgan fingerprint density at radius 2 is 2.33 bits per heavy atom. The van der Waals surface area contributed by atoms with Gasteiger partial charge in [0.05, 0.1) is 29.3 Å². The quantitative estimate of drug-likeness (QED) is 0.621. The van der Waals surface area contributed by atoms with Crippen LogP contribution < -0.4 is 0 Å². The van der Waals surface area contributed by atoms with E-state index in [1.165, 1.54) is 13.2 Å². The number of hydrogen-bond donors (Lipinski definition) is 0. The van der Waals surface area contributed by atoms with Crippen LogP contribution in [-0.4, -0.2) is 13.1 Å². The van der Waals surface area contributed by atoms with Gasteiger partial charge in [0, 0.05) is 5.33 Å². The van der Waals surface area contributed by atoms with Crippen molar-refractivity contribution in [1.82, 2.24) is 0 Å². The van der Waals surface area contributed by atoms with E-state index in [1.807, 2.05) is 6.07 Å². The molecule has 0 atom stereocenters. The molecule has 0 saturated carbocycles. The van der Waals surface area contributed by atoms with Crippen molar-refractivity contribution in [3.05, 3.63) is 33.8 Å². The van der Waals surface area contributed by atoms with Gasteiger partial charge in [-0.15, -0.1) is 0 Å². The second-order valence-corrected chi connectivity index (χ2v) is 3.69. The SMILES string of the molecule is COC(=O)c1cc(C#N)c(CBr)cc1Cl. The van der Waals surface area contributed by atoms with Crippen LogP contribution in [-0.2, 0) is 10.1 Å². The number of hydrogen-bond acceptors (Lipinski definition) is 3. The second-order valence-electron chi connectivity index (χ2n) is 2.73. The Kier molecular flexibility index (Phi) is 4.13. The molecule has 5 heteroatoms. The molecular formula is C10H7BrClNO2. The summed E-state index contributed by atoms with van der Waals surface area (Å²) < 4.78 is 4.55. The van der Waals surface area contributed by atoms with Gasteiger partial charge < -0.3 is 4.74 Å². The van der Waals surface area contributed by atoms with Crippen LogP contribution in [0.3, 0.4) is 0 Å². The van der Waals surface area contributed by atoms with E-state index in [0.29, 0.717) is 10.9 Å². The van der Waals surface area contributed by atoms with Crippen molar-refractivity contribution in [3.63, 3.8) is 0 Å². The van der Waals surface area contributed by atoms with E-state index in [4.69, 9.17) is 16.9 Å². The van der Waals surface area contributed by atoms with Crippen molar-refractivity contribution in [2.24, 2.45) is 0 Å². The molecular weight excluding hydrogens is 281 g/mol. The Bertz CT molecular complexity index is 440. The summed E-state index contributed by atoms with van der Waals surface area (Å²) in [5, 5.41) is 9.65. The van der Waals surface area contributed by atoms with E-state index < -0.39 is 5.97 Å². The largest absolute Gasteiger partial charge is 0.465 e. The fourth-order valence-corrected chi connectivity index (χ4v) is 1.82. The van der Waals surface area contributed by atoms with Crippen LogP contribution in [0.2, 0.25) is 5.02 Å². The number of carbonyl (C=O) groups excluding carboxylic acids is 1. The fourth-order valence-electron chi connectivity index (χ4n) is 1.10. The molecule has 0 aromatic heterocycles. The minimum absolute atomic E-state index is 0.209. The van der Waals surface area contributed by atoms with Gasteiger partial charge in [-0.3, -0.25) is 0 Å². The fraction of sp³-hybridized carbons (Fsp3) is 0.200. The van der Waals surface area contributed by atoms with Crippen LogP contribution in [0.25, 0.3) is 0 Å². The van der Waals surface area contributed by atoms with Gasteiger partial charge in [0.2, 0.25) is 0 Å². The molecule has 0 unspecified atom stereocenters. The second kappa shape index (κ2) is 5.15. The molecule has 1 aromatic rings. The first-order chi connectivity index (χ1) is 7.13. The van der Waals surface area contributed by atoms with Crippen molar-refractivity contribution in [1.29, 1.82) is 5.26 Å². The van der Waals surface area contributed by atoms with Gasteiger partial charge in [-0.05, 0) is 17.7 Å². The van der Waals surface area contributed by atoms with Gasteiger partial charge in [-0.2, -0.15) is 5.26 Å². The maximum atomic E-state index is 11.3. The molecule has 3 nitrogen and oxygen atoms in total. The standard InChI is InChI=1S/C10H7BrClNO2/c1-15-10(14)8-2-7(5-13)6(4-11)3-9(8)12/h2-3H,4H2,1H3. The summed E-state index contributed by atoms with van der Waals surface area (Å²) in [5.41, 5.74) is 1.37.